The van der Waals surface area contributed by atoms with E-state index in [0.29, 0.717) is 0 Å². The number of nitrogen functional groups attached to an aromatic ring is 1. The van der Waals surface area contributed by atoms with Gasteiger partial charge in [-0.2, -0.15) is 0 Å². The van der Waals surface area contributed by atoms with Crippen molar-refractivity contribution in [3.8, 4) is 0 Å². The first-order chi connectivity index (χ1) is 6.84. The Hall–Kier alpha value is -1.48. The predicted molar refractivity (Wildman–Crippen MR) is 58.1 cm³/mol. The molecule has 72 valence electrons. The number of fused-ring (bicyclic) bond motifs is 3. The molecule has 0 atom stereocenters. The van der Waals surface area contributed by atoms with E-state index in [9.17, 15) is 0 Å². The Kier molecular flexibility index (Phi) is 1.55. The number of hydrogen-bond donors (Lipinski definition) is 3. The Morgan fingerprint density at radius 1 is 1.29 bits per heavy atom. The smallest absolute Gasteiger partial charge is 0.0460 e. The lowest BCUT2D eigenvalue weighted by atomic mass is 10.1. The van der Waals surface area contributed by atoms with Crippen LogP contribution in [0.25, 0.3) is 10.9 Å². The normalized spacial score (nSPS) is 15.7. The van der Waals surface area contributed by atoms with Gasteiger partial charge in [-0.1, -0.05) is 0 Å². The van der Waals surface area contributed by atoms with Gasteiger partial charge in [-0.15, -0.1) is 0 Å². The molecule has 1 aromatic heterocycles. The summed E-state index contributed by atoms with van der Waals surface area (Å²) in [6, 6.07) is 6.05. The van der Waals surface area contributed by atoms with Gasteiger partial charge >= 0.3 is 0 Å². The lowest BCUT2D eigenvalue weighted by molar-refractivity contribution is 0.641. The number of hydrogen-bond acceptors (Lipinski definition) is 2. The van der Waals surface area contributed by atoms with Crippen molar-refractivity contribution in [3.05, 3.63) is 29.5 Å². The van der Waals surface area contributed by atoms with Gasteiger partial charge in [0, 0.05) is 41.8 Å². The molecule has 3 nitrogen and oxygen atoms in total. The number of benzene rings is 1. The molecule has 2 aromatic rings. The quantitative estimate of drug-likeness (QED) is 0.546. The Morgan fingerprint density at radius 3 is 3.14 bits per heavy atom. The monoisotopic (exact) mass is 187 g/mol. The zero-order valence-corrected chi connectivity index (χ0v) is 7.93. The van der Waals surface area contributed by atoms with Crippen LogP contribution in [0.4, 0.5) is 5.69 Å². The third kappa shape index (κ3) is 1.02. The van der Waals surface area contributed by atoms with Gasteiger partial charge in [0.1, 0.15) is 0 Å². The van der Waals surface area contributed by atoms with Gasteiger partial charge in [0.05, 0.1) is 0 Å². The van der Waals surface area contributed by atoms with E-state index in [4.69, 9.17) is 5.73 Å². The van der Waals surface area contributed by atoms with E-state index >= 15 is 0 Å². The maximum absolute atomic E-state index is 5.78. The Bertz CT molecular complexity index is 484. The van der Waals surface area contributed by atoms with Gasteiger partial charge in [0.15, 0.2) is 0 Å². The second-order valence-electron chi connectivity index (χ2n) is 3.81. The molecule has 0 fully saturated rings. The van der Waals surface area contributed by atoms with E-state index in [1.165, 1.54) is 22.2 Å². The first kappa shape index (κ1) is 7.88. The van der Waals surface area contributed by atoms with Crippen molar-refractivity contribution in [1.82, 2.24) is 10.3 Å². The summed E-state index contributed by atoms with van der Waals surface area (Å²) < 4.78 is 0. The van der Waals surface area contributed by atoms with Crippen LogP contribution in [-0.2, 0) is 13.0 Å². The maximum atomic E-state index is 5.78. The highest BCUT2D eigenvalue weighted by atomic mass is 14.9. The fraction of sp³-hybridized carbons (Fsp3) is 0.273. The van der Waals surface area contributed by atoms with Crippen LogP contribution >= 0.6 is 0 Å². The number of aromatic amines is 1. The molecule has 0 aliphatic carbocycles. The number of anilines is 1. The minimum atomic E-state index is 0.838. The molecule has 0 radical (unpaired) electrons. The average Bonchev–Trinajstić information content (AvgIpc) is 2.56. The Labute approximate surface area is 82.3 Å². The van der Waals surface area contributed by atoms with Crippen LogP contribution in [0.5, 0.6) is 0 Å². The summed E-state index contributed by atoms with van der Waals surface area (Å²) in [5.74, 6) is 0. The number of nitrogens with one attached hydrogen (secondary N) is 2. The van der Waals surface area contributed by atoms with E-state index in [0.717, 1.165) is 25.2 Å². The number of H-pyrrole nitrogens is 1. The molecule has 4 N–H and O–H groups in total. The average molecular weight is 187 g/mol. The van der Waals surface area contributed by atoms with Crippen molar-refractivity contribution in [3.63, 3.8) is 0 Å². The summed E-state index contributed by atoms with van der Waals surface area (Å²) in [7, 11) is 0. The first-order valence-corrected chi connectivity index (χ1v) is 4.94. The van der Waals surface area contributed by atoms with Gasteiger partial charge in [-0.3, -0.25) is 0 Å². The van der Waals surface area contributed by atoms with Crippen LogP contribution in [-0.4, -0.2) is 11.5 Å². The minimum absolute atomic E-state index is 0.838. The largest absolute Gasteiger partial charge is 0.399 e. The van der Waals surface area contributed by atoms with Gasteiger partial charge in [-0.25, -0.2) is 0 Å². The van der Waals surface area contributed by atoms with E-state index in [1.54, 1.807) is 0 Å². The molecule has 3 heteroatoms. The van der Waals surface area contributed by atoms with Gasteiger partial charge in [0.2, 0.25) is 0 Å². The summed E-state index contributed by atoms with van der Waals surface area (Å²) in [6.45, 7) is 2.02. The molecule has 0 saturated heterocycles. The number of rotatable bonds is 0. The van der Waals surface area contributed by atoms with Crippen LogP contribution < -0.4 is 11.1 Å². The third-order valence-electron chi connectivity index (χ3n) is 2.87. The van der Waals surface area contributed by atoms with E-state index in [2.05, 4.69) is 22.4 Å². The Morgan fingerprint density at radius 2 is 2.21 bits per heavy atom. The molecule has 1 aliphatic heterocycles. The molecular weight excluding hydrogens is 174 g/mol. The van der Waals surface area contributed by atoms with Crippen LogP contribution in [0.15, 0.2) is 18.2 Å². The molecule has 0 amide bonds. The zero-order chi connectivity index (χ0) is 9.54. The molecular formula is C11H13N3. The fourth-order valence-electron chi connectivity index (χ4n) is 2.16. The molecule has 2 heterocycles. The van der Waals surface area contributed by atoms with Crippen molar-refractivity contribution in [2.75, 3.05) is 12.3 Å². The highest BCUT2D eigenvalue weighted by molar-refractivity contribution is 5.87. The van der Waals surface area contributed by atoms with Gasteiger partial charge < -0.3 is 16.0 Å². The second kappa shape index (κ2) is 2.75. The summed E-state index contributed by atoms with van der Waals surface area (Å²) >= 11 is 0. The van der Waals surface area contributed by atoms with Crippen LogP contribution in [0, 0.1) is 0 Å². The molecule has 1 aliphatic rings. The number of aromatic nitrogens is 1. The third-order valence-corrected chi connectivity index (χ3v) is 2.87. The summed E-state index contributed by atoms with van der Waals surface area (Å²) in [6.07, 6.45) is 1.09. The lowest BCUT2D eigenvalue weighted by Crippen LogP contribution is -2.22. The molecule has 0 unspecified atom stereocenters. The molecule has 0 saturated carbocycles. The molecule has 0 spiro atoms. The summed E-state index contributed by atoms with van der Waals surface area (Å²) in [4.78, 5) is 3.45. The van der Waals surface area contributed by atoms with Crippen molar-refractivity contribution in [1.29, 1.82) is 0 Å². The predicted octanol–water partition coefficient (Wildman–Crippen LogP) is 1.40. The van der Waals surface area contributed by atoms with Crippen molar-refractivity contribution >= 4 is 16.6 Å². The van der Waals surface area contributed by atoms with Crippen LogP contribution in [0.2, 0.25) is 0 Å². The van der Waals surface area contributed by atoms with Gasteiger partial charge in [0.25, 0.3) is 0 Å². The second-order valence-corrected chi connectivity index (χ2v) is 3.81. The fourth-order valence-corrected chi connectivity index (χ4v) is 2.16. The van der Waals surface area contributed by atoms with E-state index in [1.807, 2.05) is 6.07 Å². The topological polar surface area (TPSA) is 53.8 Å². The Balaban J connectivity index is 2.32. The van der Waals surface area contributed by atoms with Crippen molar-refractivity contribution in [2.45, 2.75) is 13.0 Å². The molecule has 14 heavy (non-hydrogen) atoms. The van der Waals surface area contributed by atoms with Crippen LogP contribution in [0.1, 0.15) is 11.3 Å². The zero-order valence-electron chi connectivity index (χ0n) is 7.93. The summed E-state index contributed by atoms with van der Waals surface area (Å²) in [5.41, 5.74) is 10.6. The highest BCUT2D eigenvalue weighted by Crippen LogP contribution is 2.26. The van der Waals surface area contributed by atoms with Crippen LogP contribution in [0.3, 0.4) is 0 Å². The van der Waals surface area contributed by atoms with Gasteiger partial charge in [-0.05, 0) is 23.8 Å². The molecule has 1 aromatic carbocycles. The molecule has 3 rings (SSSR count). The standard InChI is InChI=1S/C11H13N3/c12-7-1-2-10-8(5-7)9-6-13-4-3-11(9)14-10/h1-2,5,13-14H,3-4,6,12H2. The van der Waals surface area contributed by atoms with E-state index < -0.39 is 0 Å². The molecule has 0 bridgehead atoms. The van der Waals surface area contributed by atoms with Crippen molar-refractivity contribution < 1.29 is 0 Å². The summed E-state index contributed by atoms with van der Waals surface area (Å²) in [5, 5.41) is 4.65. The van der Waals surface area contributed by atoms with E-state index in [-0.39, 0.29) is 0 Å². The lowest BCUT2D eigenvalue weighted by Gasteiger charge is -2.12. The highest BCUT2D eigenvalue weighted by Gasteiger charge is 2.14. The number of nitrogens with two attached hydrogens (primary N) is 1. The minimum Gasteiger partial charge on any atom is -0.399 e. The first-order valence-electron chi connectivity index (χ1n) is 4.94. The van der Waals surface area contributed by atoms with Crippen molar-refractivity contribution in [2.24, 2.45) is 0 Å². The maximum Gasteiger partial charge on any atom is 0.0460 e. The SMILES string of the molecule is Nc1ccc2[nH]c3c(c2c1)CNCC3.